The molecule has 3 aromatic heterocycles. The third-order valence-electron chi connectivity index (χ3n) is 9.33. The largest absolute Gasteiger partial charge is 0.507 e. The van der Waals surface area contributed by atoms with Crippen LogP contribution in [0.4, 0.5) is 0 Å². The van der Waals surface area contributed by atoms with Gasteiger partial charge in [-0.05, 0) is 64.6 Å². The van der Waals surface area contributed by atoms with E-state index in [1.165, 1.54) is 36.9 Å². The molecule has 0 aliphatic carbocycles. The number of nitrogens with zero attached hydrogens (tertiary/aromatic N) is 2. The number of thiophene rings is 1. The smallest absolute Gasteiger partial charge is 0.124 e. The molecule has 0 radical (unpaired) electrons. The summed E-state index contributed by atoms with van der Waals surface area (Å²) >= 11 is 1.86. The van der Waals surface area contributed by atoms with Crippen molar-refractivity contribution in [3.8, 4) is 72.9 Å². The third-order valence-corrected chi connectivity index (χ3v) is 10.6. The molecular formula is C47H31N2OPtS-. The number of fused-ring (bicyclic) bond motifs is 3. The maximum Gasteiger partial charge on any atom is 0.124 e. The van der Waals surface area contributed by atoms with E-state index in [4.69, 9.17) is 9.97 Å². The van der Waals surface area contributed by atoms with Crippen molar-refractivity contribution >= 4 is 31.5 Å². The number of hydrogen-bond donors (Lipinski definition) is 1. The van der Waals surface area contributed by atoms with E-state index in [0.29, 0.717) is 11.3 Å². The van der Waals surface area contributed by atoms with Crippen molar-refractivity contribution in [2.75, 3.05) is 0 Å². The van der Waals surface area contributed by atoms with Gasteiger partial charge in [0.1, 0.15) is 5.75 Å². The van der Waals surface area contributed by atoms with Gasteiger partial charge in [0.05, 0.1) is 5.69 Å². The summed E-state index contributed by atoms with van der Waals surface area (Å²) in [6.45, 7) is 2.05. The Labute approximate surface area is 321 Å². The molecule has 0 spiro atoms. The molecule has 9 aromatic rings. The molecule has 0 fully saturated rings. The van der Waals surface area contributed by atoms with Crippen LogP contribution in [-0.2, 0) is 21.1 Å². The first kappa shape index (κ1) is 33.5. The molecule has 3 heterocycles. The number of aryl methyl sites for hydroxylation is 1. The van der Waals surface area contributed by atoms with E-state index >= 15 is 0 Å². The van der Waals surface area contributed by atoms with Crippen molar-refractivity contribution in [3.63, 3.8) is 0 Å². The average molecular weight is 867 g/mol. The van der Waals surface area contributed by atoms with Gasteiger partial charge in [0.25, 0.3) is 0 Å². The SMILES string of the molecule is Cc1cc(-c2cccc3c2sc2c(-c4ccccc4)cccc23)cc(-c2[c-]c(-c3cc(-c4ccccc4)cc(-c4ccccc4O)n3)ccc2)n1.[Pt]. The Kier molecular flexibility index (Phi) is 9.11. The number of aromatic hydroxyl groups is 1. The van der Waals surface area contributed by atoms with Crippen LogP contribution in [0.25, 0.3) is 87.3 Å². The predicted molar refractivity (Wildman–Crippen MR) is 213 cm³/mol. The Morgan fingerprint density at radius 2 is 0.981 bits per heavy atom. The van der Waals surface area contributed by atoms with E-state index in [9.17, 15) is 5.11 Å². The van der Waals surface area contributed by atoms with Crippen LogP contribution in [0.15, 0.2) is 164 Å². The number of phenolic OH excluding ortho intramolecular Hbond substituents is 1. The Morgan fingerprint density at radius 1 is 0.462 bits per heavy atom. The minimum atomic E-state index is 0. The summed E-state index contributed by atoms with van der Waals surface area (Å²) in [4.78, 5) is 10.1. The summed E-state index contributed by atoms with van der Waals surface area (Å²) in [7, 11) is 0. The Hall–Kier alpha value is -5.67. The molecule has 0 bridgehead atoms. The van der Waals surface area contributed by atoms with E-state index in [2.05, 4.69) is 116 Å². The van der Waals surface area contributed by atoms with Gasteiger partial charge in [0, 0.05) is 63.9 Å². The summed E-state index contributed by atoms with van der Waals surface area (Å²) < 4.78 is 2.57. The van der Waals surface area contributed by atoms with Crippen molar-refractivity contribution in [1.29, 1.82) is 0 Å². The van der Waals surface area contributed by atoms with Crippen LogP contribution in [0.5, 0.6) is 5.75 Å². The number of phenols is 1. The van der Waals surface area contributed by atoms with Gasteiger partial charge in [-0.25, -0.2) is 0 Å². The number of aromatic nitrogens is 2. The van der Waals surface area contributed by atoms with Crippen molar-refractivity contribution in [2.45, 2.75) is 6.92 Å². The first-order valence-electron chi connectivity index (χ1n) is 17.0. The van der Waals surface area contributed by atoms with Crippen LogP contribution >= 0.6 is 11.3 Å². The van der Waals surface area contributed by atoms with Crippen molar-refractivity contribution < 1.29 is 26.2 Å². The zero-order chi connectivity index (χ0) is 34.3. The monoisotopic (exact) mass is 866 g/mol. The Balaban J connectivity index is 0.00000387. The maximum absolute atomic E-state index is 10.7. The molecule has 52 heavy (non-hydrogen) atoms. The molecule has 9 rings (SSSR count). The molecule has 1 N–H and O–H groups in total. The van der Waals surface area contributed by atoms with Gasteiger partial charge in [-0.3, -0.25) is 9.97 Å². The quantitative estimate of drug-likeness (QED) is 0.169. The third kappa shape index (κ3) is 6.26. The first-order chi connectivity index (χ1) is 25.1. The first-order valence-corrected chi connectivity index (χ1v) is 17.8. The molecule has 0 saturated carbocycles. The molecule has 0 aliphatic rings. The van der Waals surface area contributed by atoms with Crippen LogP contribution < -0.4 is 0 Å². The molecular weight excluding hydrogens is 836 g/mol. The predicted octanol–water partition coefficient (Wildman–Crippen LogP) is 12.7. The minimum Gasteiger partial charge on any atom is -0.507 e. The van der Waals surface area contributed by atoms with Crippen molar-refractivity contribution in [2.24, 2.45) is 0 Å². The van der Waals surface area contributed by atoms with Gasteiger partial charge < -0.3 is 5.11 Å². The fraction of sp³-hybridized carbons (Fsp3) is 0.0213. The average Bonchev–Trinajstić information content (AvgIpc) is 3.58. The van der Waals surface area contributed by atoms with E-state index in [0.717, 1.165) is 44.9 Å². The maximum atomic E-state index is 10.7. The number of pyridine rings is 2. The zero-order valence-corrected chi connectivity index (χ0v) is 31.2. The number of rotatable bonds is 6. The van der Waals surface area contributed by atoms with Crippen LogP contribution in [-0.4, -0.2) is 15.1 Å². The van der Waals surface area contributed by atoms with Crippen LogP contribution in [0.2, 0.25) is 0 Å². The second-order valence-electron chi connectivity index (χ2n) is 12.7. The molecule has 0 saturated heterocycles. The normalized spacial score (nSPS) is 11.1. The van der Waals surface area contributed by atoms with E-state index < -0.39 is 0 Å². The summed E-state index contributed by atoms with van der Waals surface area (Å²) in [6, 6.07) is 59.7. The van der Waals surface area contributed by atoms with E-state index in [1.807, 2.05) is 65.9 Å². The number of benzene rings is 6. The van der Waals surface area contributed by atoms with Gasteiger partial charge in [-0.1, -0.05) is 132 Å². The van der Waals surface area contributed by atoms with Gasteiger partial charge in [-0.2, -0.15) is 0 Å². The Morgan fingerprint density at radius 3 is 1.65 bits per heavy atom. The summed E-state index contributed by atoms with van der Waals surface area (Å²) in [5, 5.41) is 13.3. The van der Waals surface area contributed by atoms with Crippen molar-refractivity contribution in [1.82, 2.24) is 9.97 Å². The second-order valence-corrected chi connectivity index (χ2v) is 13.7. The molecule has 3 nitrogen and oxygen atoms in total. The molecule has 0 amide bonds. The van der Waals surface area contributed by atoms with Gasteiger partial charge in [0.2, 0.25) is 0 Å². The van der Waals surface area contributed by atoms with Crippen LogP contribution in [0.3, 0.4) is 0 Å². The van der Waals surface area contributed by atoms with Gasteiger partial charge in [-0.15, -0.1) is 35.6 Å². The van der Waals surface area contributed by atoms with Crippen LogP contribution in [0.1, 0.15) is 5.69 Å². The standard InChI is InChI=1S/C47H31N2OS.Pt/c1-30-25-36(38-21-12-23-40-39-22-11-20-37(46(39)51-47(38)40)32-15-6-3-7-16-32)29-42(48-30)33-17-10-18-34(26-33)43-27-35(31-13-4-2-5-14-31)28-44(49-43)41-19-8-9-24-45(41)50;/h2-25,27-29,50H,1H3;/q-1;. The van der Waals surface area contributed by atoms with Crippen LogP contribution in [0, 0.1) is 13.0 Å². The number of hydrogen-bond acceptors (Lipinski definition) is 4. The molecule has 252 valence electrons. The molecule has 5 heteroatoms. The van der Waals surface area contributed by atoms with Gasteiger partial charge >= 0.3 is 0 Å². The topological polar surface area (TPSA) is 46.0 Å². The Bertz CT molecular complexity index is 2720. The summed E-state index contributed by atoms with van der Waals surface area (Å²) in [5.41, 5.74) is 12.6. The zero-order valence-electron chi connectivity index (χ0n) is 28.2. The minimum absolute atomic E-state index is 0. The summed E-state index contributed by atoms with van der Waals surface area (Å²) in [6.07, 6.45) is 0. The molecule has 0 atom stereocenters. The van der Waals surface area contributed by atoms with E-state index in [1.54, 1.807) is 6.07 Å². The summed E-state index contributed by atoms with van der Waals surface area (Å²) in [5.74, 6) is 0.195. The fourth-order valence-corrected chi connectivity index (χ4v) is 8.29. The molecule has 6 aromatic carbocycles. The van der Waals surface area contributed by atoms with Crippen molar-refractivity contribution in [3.05, 3.63) is 176 Å². The number of para-hydroxylation sites is 1. The second kappa shape index (κ2) is 14.2. The molecule has 0 aliphatic heterocycles. The fourth-order valence-electron chi connectivity index (χ4n) is 6.92. The van der Waals surface area contributed by atoms with E-state index in [-0.39, 0.29) is 26.8 Å². The molecule has 0 unspecified atom stereocenters. The van der Waals surface area contributed by atoms with Gasteiger partial charge in [0.15, 0.2) is 0 Å².